The number of fused-ring (bicyclic) bond motifs is 1. The molecule has 1 aromatic carbocycles. The van der Waals surface area contributed by atoms with Gasteiger partial charge in [0.1, 0.15) is 5.65 Å². The van der Waals surface area contributed by atoms with Crippen molar-refractivity contribution in [2.24, 2.45) is 0 Å². The van der Waals surface area contributed by atoms with Crippen molar-refractivity contribution in [2.75, 3.05) is 6.54 Å². The maximum Gasteiger partial charge on any atom is 0.139 e. The molecule has 3 rings (SSSR count). The summed E-state index contributed by atoms with van der Waals surface area (Å²) in [5.74, 6) is 0.505. The maximum atomic E-state index is 4.68. The summed E-state index contributed by atoms with van der Waals surface area (Å²) in [6.45, 7) is 6.10. The lowest BCUT2D eigenvalue weighted by Gasteiger charge is -2.12. The van der Waals surface area contributed by atoms with Gasteiger partial charge < -0.3 is 9.72 Å². The first kappa shape index (κ1) is 13.8. The van der Waals surface area contributed by atoms with E-state index in [0.717, 1.165) is 24.4 Å². The first-order chi connectivity index (χ1) is 10.2. The Hall–Kier alpha value is -2.13. The van der Waals surface area contributed by atoms with E-state index in [2.05, 4.69) is 77.2 Å². The van der Waals surface area contributed by atoms with Crippen LogP contribution in [0.25, 0.3) is 5.65 Å². The van der Waals surface area contributed by atoms with Crippen LogP contribution in [-0.4, -0.2) is 15.9 Å². The van der Waals surface area contributed by atoms with Gasteiger partial charge >= 0.3 is 0 Å². The molecule has 21 heavy (non-hydrogen) atoms. The maximum absolute atomic E-state index is 4.68. The number of pyridine rings is 1. The quantitative estimate of drug-likeness (QED) is 0.774. The summed E-state index contributed by atoms with van der Waals surface area (Å²) in [7, 11) is 0. The lowest BCUT2D eigenvalue weighted by Crippen LogP contribution is -2.19. The molecule has 0 radical (unpaired) electrons. The van der Waals surface area contributed by atoms with Crippen LogP contribution in [0.1, 0.15) is 29.7 Å². The van der Waals surface area contributed by atoms with Crippen LogP contribution >= 0.6 is 0 Å². The third-order valence-corrected chi connectivity index (χ3v) is 3.85. The number of hydrogen-bond acceptors (Lipinski definition) is 2. The van der Waals surface area contributed by atoms with Crippen LogP contribution in [0.4, 0.5) is 0 Å². The molecule has 0 aliphatic rings. The Balaban J connectivity index is 1.61. The third kappa shape index (κ3) is 3.14. The summed E-state index contributed by atoms with van der Waals surface area (Å²) < 4.78 is 2.09. The number of nitrogens with one attached hydrogen (secondary N) is 1. The van der Waals surface area contributed by atoms with E-state index in [1.807, 2.05) is 6.20 Å². The molecule has 0 aliphatic carbocycles. The highest BCUT2D eigenvalue weighted by Crippen LogP contribution is 2.14. The second-order valence-electron chi connectivity index (χ2n) is 5.60. The molecular weight excluding hydrogens is 258 g/mol. The van der Waals surface area contributed by atoms with Crippen molar-refractivity contribution in [3.63, 3.8) is 0 Å². The average molecular weight is 279 g/mol. The van der Waals surface area contributed by atoms with Crippen LogP contribution in [-0.2, 0) is 6.54 Å². The van der Waals surface area contributed by atoms with Gasteiger partial charge in [0.15, 0.2) is 0 Å². The van der Waals surface area contributed by atoms with Crippen molar-refractivity contribution >= 4 is 5.65 Å². The Morgan fingerprint density at radius 1 is 1.14 bits per heavy atom. The molecule has 0 saturated carbocycles. The fraction of sp³-hybridized carbons (Fsp3) is 0.278. The zero-order valence-corrected chi connectivity index (χ0v) is 12.6. The van der Waals surface area contributed by atoms with Crippen LogP contribution in [0.15, 0.2) is 54.9 Å². The molecule has 3 heteroatoms. The van der Waals surface area contributed by atoms with Crippen LogP contribution in [0.2, 0.25) is 0 Å². The van der Waals surface area contributed by atoms with E-state index in [9.17, 15) is 0 Å². The van der Waals surface area contributed by atoms with Crippen molar-refractivity contribution in [1.29, 1.82) is 0 Å². The van der Waals surface area contributed by atoms with Crippen molar-refractivity contribution in [2.45, 2.75) is 26.3 Å². The molecule has 1 atom stereocenters. The van der Waals surface area contributed by atoms with Crippen LogP contribution in [0.3, 0.4) is 0 Å². The molecule has 2 heterocycles. The van der Waals surface area contributed by atoms with E-state index in [-0.39, 0.29) is 0 Å². The molecule has 2 aromatic heterocycles. The van der Waals surface area contributed by atoms with Gasteiger partial charge in [-0.25, -0.2) is 4.98 Å². The van der Waals surface area contributed by atoms with Crippen LogP contribution in [0.5, 0.6) is 0 Å². The van der Waals surface area contributed by atoms with E-state index in [1.165, 1.54) is 11.1 Å². The molecule has 3 nitrogen and oxygen atoms in total. The summed E-state index contributed by atoms with van der Waals surface area (Å²) in [5.41, 5.74) is 4.72. The first-order valence-corrected chi connectivity index (χ1v) is 7.43. The van der Waals surface area contributed by atoms with Gasteiger partial charge in [-0.15, -0.1) is 0 Å². The van der Waals surface area contributed by atoms with Crippen molar-refractivity contribution < 1.29 is 0 Å². The van der Waals surface area contributed by atoms with Gasteiger partial charge in [-0.3, -0.25) is 0 Å². The van der Waals surface area contributed by atoms with Crippen molar-refractivity contribution in [3.05, 3.63) is 71.7 Å². The second kappa shape index (κ2) is 6.10. The summed E-state index contributed by atoms with van der Waals surface area (Å²) >= 11 is 0. The number of nitrogens with zero attached hydrogens (tertiary/aromatic N) is 2. The Kier molecular flexibility index (Phi) is 4.02. The van der Waals surface area contributed by atoms with Gasteiger partial charge in [0.25, 0.3) is 0 Å². The topological polar surface area (TPSA) is 29.3 Å². The Labute approximate surface area is 125 Å². The van der Waals surface area contributed by atoms with Crippen molar-refractivity contribution in [3.8, 4) is 0 Å². The minimum absolute atomic E-state index is 0.505. The van der Waals surface area contributed by atoms with Crippen LogP contribution < -0.4 is 5.32 Å². The molecular formula is C18H21N3. The molecule has 0 fully saturated rings. The zero-order valence-electron chi connectivity index (χ0n) is 12.6. The second-order valence-corrected chi connectivity index (χ2v) is 5.60. The number of benzene rings is 1. The number of aromatic nitrogens is 2. The monoisotopic (exact) mass is 279 g/mol. The van der Waals surface area contributed by atoms with E-state index in [4.69, 9.17) is 0 Å². The van der Waals surface area contributed by atoms with Gasteiger partial charge in [-0.2, -0.15) is 0 Å². The Morgan fingerprint density at radius 2 is 1.95 bits per heavy atom. The van der Waals surface area contributed by atoms with E-state index in [1.54, 1.807) is 0 Å². The molecule has 3 aromatic rings. The number of rotatable bonds is 5. The molecule has 0 saturated heterocycles. The van der Waals surface area contributed by atoms with E-state index in [0.29, 0.717) is 5.92 Å². The van der Waals surface area contributed by atoms with E-state index < -0.39 is 0 Å². The molecule has 1 unspecified atom stereocenters. The third-order valence-electron chi connectivity index (χ3n) is 3.85. The molecule has 0 aliphatic heterocycles. The normalized spacial score (nSPS) is 12.7. The Bertz CT molecular complexity index is 716. The first-order valence-electron chi connectivity index (χ1n) is 7.43. The summed E-state index contributed by atoms with van der Waals surface area (Å²) in [6.07, 6.45) is 4.15. The van der Waals surface area contributed by atoms with Gasteiger partial charge in [-0.05, 0) is 30.0 Å². The summed E-state index contributed by atoms with van der Waals surface area (Å²) in [5, 5.41) is 3.50. The lowest BCUT2D eigenvalue weighted by molar-refractivity contribution is 0.610. The number of hydrogen-bond donors (Lipinski definition) is 1. The fourth-order valence-corrected chi connectivity index (χ4v) is 2.61. The molecule has 108 valence electrons. The largest absolute Gasteiger partial charge is 0.311 e. The number of imidazole rings is 1. The molecule has 0 amide bonds. The predicted octanol–water partition coefficient (Wildman–Crippen LogP) is 3.54. The highest BCUT2D eigenvalue weighted by molar-refractivity contribution is 5.47. The van der Waals surface area contributed by atoms with Gasteiger partial charge in [0.2, 0.25) is 0 Å². The predicted molar refractivity (Wildman–Crippen MR) is 86.5 cm³/mol. The average Bonchev–Trinajstić information content (AvgIpc) is 2.92. The van der Waals surface area contributed by atoms with Gasteiger partial charge in [-0.1, -0.05) is 43.3 Å². The highest BCUT2D eigenvalue weighted by Gasteiger charge is 2.06. The molecule has 0 spiro atoms. The van der Waals surface area contributed by atoms with Gasteiger partial charge in [0.05, 0.1) is 5.69 Å². The zero-order chi connectivity index (χ0) is 14.7. The van der Waals surface area contributed by atoms with Crippen molar-refractivity contribution in [1.82, 2.24) is 14.7 Å². The Morgan fingerprint density at radius 3 is 2.71 bits per heavy atom. The summed E-state index contributed by atoms with van der Waals surface area (Å²) in [4.78, 5) is 4.68. The summed E-state index contributed by atoms with van der Waals surface area (Å²) in [6, 6.07) is 14.8. The standard InChI is InChI=1S/C18H21N3/c1-14-7-6-10-21-13-17(20-18(14)21)12-19-11-15(2)16-8-4-3-5-9-16/h3-10,13,15,19H,11-12H2,1-2H3. The highest BCUT2D eigenvalue weighted by atomic mass is 15.0. The van der Waals surface area contributed by atoms with E-state index >= 15 is 0 Å². The minimum Gasteiger partial charge on any atom is -0.311 e. The van der Waals surface area contributed by atoms with Crippen LogP contribution in [0, 0.1) is 6.92 Å². The molecule has 1 N–H and O–H groups in total. The van der Waals surface area contributed by atoms with Gasteiger partial charge in [0, 0.05) is 25.5 Å². The molecule has 0 bridgehead atoms. The lowest BCUT2D eigenvalue weighted by atomic mass is 10.0. The minimum atomic E-state index is 0.505. The smallest absolute Gasteiger partial charge is 0.139 e. The fourth-order valence-electron chi connectivity index (χ4n) is 2.61. The SMILES string of the molecule is Cc1cccn2cc(CNCC(C)c3ccccc3)nc12. The number of aryl methyl sites for hydroxylation is 1.